The van der Waals surface area contributed by atoms with Gasteiger partial charge in [-0.25, -0.2) is 4.98 Å². The number of aromatic nitrogens is 1. The lowest BCUT2D eigenvalue weighted by atomic mass is 10.1. The van der Waals surface area contributed by atoms with Crippen LogP contribution in [0.25, 0.3) is 10.2 Å². The Kier molecular flexibility index (Phi) is 7.62. The fraction of sp³-hybridized carbons (Fsp3) is 0.154. The van der Waals surface area contributed by atoms with E-state index in [1.165, 1.54) is 11.3 Å². The monoisotopic (exact) mass is 471 g/mol. The average molecular weight is 472 g/mol. The number of anilines is 1. The molecule has 0 aliphatic rings. The first-order valence-electron chi connectivity index (χ1n) is 11.0. The van der Waals surface area contributed by atoms with Crippen molar-refractivity contribution < 1.29 is 9.59 Å². The molecule has 0 fully saturated rings. The van der Waals surface area contributed by atoms with Crippen LogP contribution in [0.5, 0.6) is 0 Å². The predicted octanol–water partition coefficient (Wildman–Crippen LogP) is 4.48. The van der Waals surface area contributed by atoms with Gasteiger partial charge in [-0.15, -0.1) is 11.3 Å². The number of carbonyl (C=O) groups excluding carboxylic acids is 2. The first-order valence-corrected chi connectivity index (χ1v) is 11.8. The lowest BCUT2D eigenvalue weighted by molar-refractivity contribution is 0.0851. The van der Waals surface area contributed by atoms with Crippen molar-refractivity contribution in [2.75, 3.05) is 11.9 Å². The normalized spacial score (nSPS) is 12.3. The van der Waals surface area contributed by atoms with Crippen LogP contribution in [0.1, 0.15) is 33.0 Å². The summed E-state index contributed by atoms with van der Waals surface area (Å²) in [4.78, 5) is 34.9. The summed E-state index contributed by atoms with van der Waals surface area (Å²) in [6.45, 7) is 0.413. The predicted molar refractivity (Wildman–Crippen MR) is 137 cm³/mol. The molecule has 7 nitrogen and oxygen atoms in total. The van der Waals surface area contributed by atoms with Gasteiger partial charge in [-0.3, -0.25) is 14.6 Å². The maximum Gasteiger partial charge on any atom is 0.251 e. The number of ketones is 1. The number of thiazole rings is 1. The number of nitrogens with one attached hydrogen (secondary N) is 2. The third-order valence-electron chi connectivity index (χ3n) is 5.14. The maximum absolute atomic E-state index is 13.3. The summed E-state index contributed by atoms with van der Waals surface area (Å²) in [5, 5.41) is 6.30. The van der Waals surface area contributed by atoms with Crippen molar-refractivity contribution in [2.45, 2.75) is 18.9 Å². The number of Topliss-reactive ketones (excluding diaryl/α,β-unsaturated/α-hetero) is 1. The van der Waals surface area contributed by atoms with E-state index in [9.17, 15) is 9.59 Å². The number of hydrogen-bond donors (Lipinski definition) is 3. The van der Waals surface area contributed by atoms with Crippen LogP contribution in [0.15, 0.2) is 89.9 Å². The van der Waals surface area contributed by atoms with Crippen molar-refractivity contribution >= 4 is 44.9 Å². The Bertz CT molecular complexity index is 1260. The minimum absolute atomic E-state index is 0.204. The number of aliphatic imine (C=N–C) groups is 1. The fourth-order valence-corrected chi connectivity index (χ4v) is 4.39. The second-order valence-corrected chi connectivity index (χ2v) is 8.67. The van der Waals surface area contributed by atoms with Crippen molar-refractivity contribution in [3.63, 3.8) is 0 Å². The molecule has 0 bridgehead atoms. The highest BCUT2D eigenvalue weighted by Crippen LogP contribution is 2.23. The Hall–Kier alpha value is -4.04. The molecule has 1 heterocycles. The number of nitrogens with zero attached hydrogens (tertiary/aromatic N) is 2. The van der Waals surface area contributed by atoms with Gasteiger partial charge in [-0.2, -0.15) is 0 Å². The fourth-order valence-electron chi connectivity index (χ4n) is 3.43. The minimum Gasteiger partial charge on any atom is -0.370 e. The van der Waals surface area contributed by atoms with E-state index in [0.717, 1.165) is 15.9 Å². The smallest absolute Gasteiger partial charge is 0.251 e. The van der Waals surface area contributed by atoms with Crippen molar-refractivity contribution in [3.05, 3.63) is 95.5 Å². The van der Waals surface area contributed by atoms with E-state index in [0.29, 0.717) is 35.9 Å². The molecule has 1 atom stereocenters. The second kappa shape index (κ2) is 11.2. The highest BCUT2D eigenvalue weighted by atomic mass is 32.1. The summed E-state index contributed by atoms with van der Waals surface area (Å²) >= 11 is 1.33. The van der Waals surface area contributed by atoms with Crippen LogP contribution in [-0.4, -0.2) is 35.2 Å². The number of hydrogen-bond acceptors (Lipinski definition) is 5. The van der Waals surface area contributed by atoms with Crippen molar-refractivity contribution in [1.82, 2.24) is 10.3 Å². The molecule has 4 rings (SSSR count). The van der Waals surface area contributed by atoms with Gasteiger partial charge in [0, 0.05) is 17.8 Å². The maximum atomic E-state index is 13.3. The van der Waals surface area contributed by atoms with E-state index in [4.69, 9.17) is 5.73 Å². The van der Waals surface area contributed by atoms with E-state index in [-0.39, 0.29) is 11.7 Å². The molecule has 1 amide bonds. The van der Waals surface area contributed by atoms with E-state index in [1.807, 2.05) is 60.7 Å². The van der Waals surface area contributed by atoms with Gasteiger partial charge in [-0.1, -0.05) is 48.5 Å². The SMILES string of the molecule is NC(=NCCC[C@H](NC(=O)c1ccccc1)C(=O)c1nc2ccccc2s1)Nc1ccccc1. The summed E-state index contributed by atoms with van der Waals surface area (Å²) in [6.07, 6.45) is 0.975. The van der Waals surface area contributed by atoms with Crippen molar-refractivity contribution in [1.29, 1.82) is 0 Å². The summed E-state index contributed by atoms with van der Waals surface area (Å²) in [7, 11) is 0. The Morgan fingerprint density at radius 1 is 0.941 bits per heavy atom. The molecule has 4 N–H and O–H groups in total. The van der Waals surface area contributed by atoms with Gasteiger partial charge in [0.05, 0.1) is 16.3 Å². The zero-order chi connectivity index (χ0) is 23.8. The zero-order valence-corrected chi connectivity index (χ0v) is 19.3. The Balaban J connectivity index is 1.44. The standard InChI is InChI=1S/C26H25N5O2S/c27-26(29-19-12-5-2-6-13-19)28-17-9-15-21(30-24(33)18-10-3-1-4-11-18)23(32)25-31-20-14-7-8-16-22(20)34-25/h1-8,10-14,16,21H,9,15,17H2,(H,30,33)(H3,27,28,29)/t21-/m0/s1. The largest absolute Gasteiger partial charge is 0.370 e. The molecule has 8 heteroatoms. The average Bonchev–Trinajstić information content (AvgIpc) is 3.31. The molecule has 34 heavy (non-hydrogen) atoms. The van der Waals surface area contributed by atoms with E-state index in [1.54, 1.807) is 24.3 Å². The van der Waals surface area contributed by atoms with Crippen LogP contribution in [0.4, 0.5) is 5.69 Å². The van der Waals surface area contributed by atoms with Gasteiger partial charge in [0.15, 0.2) is 11.0 Å². The Labute approximate surface area is 201 Å². The first-order chi connectivity index (χ1) is 16.6. The van der Waals surface area contributed by atoms with Crippen LogP contribution >= 0.6 is 11.3 Å². The summed E-state index contributed by atoms with van der Waals surface area (Å²) in [5.41, 5.74) is 8.09. The molecule has 3 aromatic carbocycles. The van der Waals surface area contributed by atoms with Crippen molar-refractivity contribution in [2.24, 2.45) is 10.7 Å². The van der Waals surface area contributed by atoms with E-state index in [2.05, 4.69) is 20.6 Å². The van der Waals surface area contributed by atoms with Gasteiger partial charge < -0.3 is 16.4 Å². The van der Waals surface area contributed by atoms with Gasteiger partial charge in [0.2, 0.25) is 5.78 Å². The number of nitrogens with two attached hydrogens (primary N) is 1. The highest BCUT2D eigenvalue weighted by Gasteiger charge is 2.25. The van der Waals surface area contributed by atoms with Crippen LogP contribution in [0.2, 0.25) is 0 Å². The molecule has 0 radical (unpaired) electrons. The molecule has 0 saturated heterocycles. The number of benzene rings is 3. The molecule has 0 aliphatic carbocycles. The number of para-hydroxylation sites is 2. The van der Waals surface area contributed by atoms with Crippen LogP contribution in [0, 0.1) is 0 Å². The van der Waals surface area contributed by atoms with E-state index < -0.39 is 6.04 Å². The summed E-state index contributed by atoms with van der Waals surface area (Å²) in [6, 6.07) is 25.3. The summed E-state index contributed by atoms with van der Waals surface area (Å²) in [5.74, 6) is -0.202. The molecule has 0 aliphatic heterocycles. The number of fused-ring (bicyclic) bond motifs is 1. The number of amides is 1. The van der Waals surface area contributed by atoms with Crippen LogP contribution in [0.3, 0.4) is 0 Å². The van der Waals surface area contributed by atoms with Gasteiger partial charge in [-0.05, 0) is 49.2 Å². The molecule has 1 aromatic heterocycles. The highest BCUT2D eigenvalue weighted by molar-refractivity contribution is 7.20. The number of guanidine groups is 1. The molecule has 0 unspecified atom stereocenters. The van der Waals surface area contributed by atoms with Gasteiger partial charge in [0.25, 0.3) is 5.91 Å². The molecule has 172 valence electrons. The molecule has 0 spiro atoms. The lowest BCUT2D eigenvalue weighted by Gasteiger charge is -2.16. The Morgan fingerprint density at radius 3 is 2.35 bits per heavy atom. The lowest BCUT2D eigenvalue weighted by Crippen LogP contribution is -2.41. The van der Waals surface area contributed by atoms with Crippen LogP contribution < -0.4 is 16.4 Å². The summed E-state index contributed by atoms with van der Waals surface area (Å²) < 4.78 is 0.934. The molecule has 4 aromatic rings. The molecular weight excluding hydrogens is 446 g/mol. The van der Waals surface area contributed by atoms with Gasteiger partial charge >= 0.3 is 0 Å². The Morgan fingerprint density at radius 2 is 1.62 bits per heavy atom. The first kappa shape index (κ1) is 23.1. The quantitative estimate of drug-likeness (QED) is 0.144. The number of carbonyl (C=O) groups is 2. The minimum atomic E-state index is -0.716. The third-order valence-corrected chi connectivity index (χ3v) is 6.19. The van der Waals surface area contributed by atoms with Crippen molar-refractivity contribution in [3.8, 4) is 0 Å². The van der Waals surface area contributed by atoms with Crippen LogP contribution in [-0.2, 0) is 0 Å². The van der Waals surface area contributed by atoms with E-state index >= 15 is 0 Å². The van der Waals surface area contributed by atoms with Gasteiger partial charge in [0.1, 0.15) is 0 Å². The molecular formula is C26H25N5O2S. The number of rotatable bonds is 9. The second-order valence-electron chi connectivity index (χ2n) is 7.64. The topological polar surface area (TPSA) is 109 Å². The molecule has 0 saturated carbocycles. The third kappa shape index (κ3) is 6.05. The zero-order valence-electron chi connectivity index (χ0n) is 18.5.